The molecule has 0 bridgehead atoms. The molecule has 0 unspecified atom stereocenters. The molecule has 8 heteroatoms. The third kappa shape index (κ3) is 5.42. The summed E-state index contributed by atoms with van der Waals surface area (Å²) in [7, 11) is -6.90. The number of carbonyl (C=O) groups is 1. The third-order valence-corrected chi connectivity index (χ3v) is 7.15. The van der Waals surface area contributed by atoms with Crippen molar-refractivity contribution < 1.29 is 21.6 Å². The lowest BCUT2D eigenvalue weighted by molar-refractivity contribution is -0.118. The quantitative estimate of drug-likeness (QED) is 0.683. The summed E-state index contributed by atoms with van der Waals surface area (Å²) in [6.07, 6.45) is 0.950. The van der Waals surface area contributed by atoms with E-state index < -0.39 is 19.7 Å². The molecule has 0 heterocycles. The van der Waals surface area contributed by atoms with Crippen LogP contribution in [0.2, 0.25) is 0 Å². The second kappa shape index (κ2) is 8.45. The Kier molecular flexibility index (Phi) is 6.67. The van der Waals surface area contributed by atoms with Gasteiger partial charge in [0.1, 0.15) is 0 Å². The highest BCUT2D eigenvalue weighted by atomic mass is 32.2. The lowest BCUT2D eigenvalue weighted by Gasteiger charge is -2.27. The lowest BCUT2D eigenvalue weighted by Crippen LogP contribution is -2.37. The molecule has 0 aliphatic rings. The van der Waals surface area contributed by atoms with Crippen LogP contribution < -0.4 is 4.90 Å². The molecule has 0 atom stereocenters. The van der Waals surface area contributed by atoms with Crippen molar-refractivity contribution in [2.75, 3.05) is 16.9 Å². The maximum Gasteiger partial charge on any atom is 0.228 e. The first-order valence-electron chi connectivity index (χ1n) is 8.83. The molecule has 2 rings (SSSR count). The predicted molar refractivity (Wildman–Crippen MR) is 110 cm³/mol. The molecule has 0 spiro atoms. The molecule has 0 aromatic heterocycles. The molecule has 2 aromatic carbocycles. The molecular formula is C20H25NO5S2. The van der Waals surface area contributed by atoms with Crippen molar-refractivity contribution >= 4 is 31.3 Å². The molecule has 1 amide bonds. The van der Waals surface area contributed by atoms with Gasteiger partial charge in [0.15, 0.2) is 19.7 Å². The van der Waals surface area contributed by atoms with E-state index in [0.29, 0.717) is 5.69 Å². The van der Waals surface area contributed by atoms with Crippen LogP contribution >= 0.6 is 0 Å². The van der Waals surface area contributed by atoms with Crippen LogP contribution in [0.5, 0.6) is 0 Å². The summed E-state index contributed by atoms with van der Waals surface area (Å²) >= 11 is 0. The normalized spacial score (nSPS) is 12.2. The van der Waals surface area contributed by atoms with Gasteiger partial charge < -0.3 is 4.90 Å². The zero-order valence-corrected chi connectivity index (χ0v) is 18.0. The van der Waals surface area contributed by atoms with Crippen molar-refractivity contribution in [3.63, 3.8) is 0 Å². The maximum absolute atomic E-state index is 12.7. The number of anilines is 1. The summed E-state index contributed by atoms with van der Waals surface area (Å²) in [5, 5.41) is 0. The first-order valence-corrected chi connectivity index (χ1v) is 12.4. The van der Waals surface area contributed by atoms with E-state index in [-0.39, 0.29) is 33.9 Å². The van der Waals surface area contributed by atoms with Gasteiger partial charge in [0.25, 0.3) is 0 Å². The number of sulfone groups is 2. The number of rotatable bonds is 7. The Morgan fingerprint density at radius 3 is 1.86 bits per heavy atom. The SMILES string of the molecule is Cc1ccc(S(=O)(=O)CCC(=O)N(c2ccc(S(C)(=O)=O)cc2)C(C)C)cc1. The second-order valence-corrected chi connectivity index (χ2v) is 11.1. The van der Waals surface area contributed by atoms with Crippen molar-refractivity contribution in [1.29, 1.82) is 0 Å². The van der Waals surface area contributed by atoms with E-state index in [1.807, 2.05) is 20.8 Å². The van der Waals surface area contributed by atoms with Crippen LogP contribution in [0.1, 0.15) is 25.8 Å². The second-order valence-electron chi connectivity index (χ2n) is 7.01. The van der Waals surface area contributed by atoms with E-state index in [1.165, 1.54) is 17.0 Å². The summed E-state index contributed by atoms with van der Waals surface area (Å²) in [5.74, 6) is -0.628. The first kappa shape index (κ1) is 22.1. The van der Waals surface area contributed by atoms with Gasteiger partial charge in [-0.1, -0.05) is 17.7 Å². The monoisotopic (exact) mass is 423 g/mol. The fraction of sp³-hybridized carbons (Fsp3) is 0.350. The highest BCUT2D eigenvalue weighted by Gasteiger charge is 2.23. The van der Waals surface area contributed by atoms with Crippen LogP contribution in [-0.4, -0.2) is 40.8 Å². The van der Waals surface area contributed by atoms with E-state index in [1.54, 1.807) is 36.4 Å². The van der Waals surface area contributed by atoms with Gasteiger partial charge >= 0.3 is 0 Å². The number of hydrogen-bond donors (Lipinski definition) is 0. The molecular weight excluding hydrogens is 398 g/mol. The summed E-state index contributed by atoms with van der Waals surface area (Å²) in [5.41, 5.74) is 1.48. The van der Waals surface area contributed by atoms with Gasteiger partial charge in [-0.3, -0.25) is 4.79 Å². The van der Waals surface area contributed by atoms with Gasteiger partial charge in [-0.25, -0.2) is 16.8 Å². The van der Waals surface area contributed by atoms with Crippen molar-refractivity contribution in [3.05, 3.63) is 54.1 Å². The molecule has 28 heavy (non-hydrogen) atoms. The van der Waals surface area contributed by atoms with Crippen LogP contribution in [-0.2, 0) is 24.5 Å². The molecule has 2 aromatic rings. The van der Waals surface area contributed by atoms with Crippen LogP contribution in [0.15, 0.2) is 58.3 Å². The Balaban J connectivity index is 2.18. The van der Waals surface area contributed by atoms with E-state index in [4.69, 9.17) is 0 Å². The molecule has 152 valence electrons. The average Bonchev–Trinajstić information content (AvgIpc) is 2.60. The standard InChI is InChI=1S/C20H25NO5S2/c1-15(2)21(17-7-11-18(12-8-17)27(4,23)24)20(22)13-14-28(25,26)19-9-5-16(3)6-10-19/h5-12,15H,13-14H2,1-4H3. The van der Waals surface area contributed by atoms with Gasteiger partial charge in [0, 0.05) is 24.4 Å². The highest BCUT2D eigenvalue weighted by Crippen LogP contribution is 2.22. The highest BCUT2D eigenvalue weighted by molar-refractivity contribution is 7.91. The molecule has 0 fully saturated rings. The number of benzene rings is 2. The van der Waals surface area contributed by atoms with E-state index in [2.05, 4.69) is 0 Å². The summed E-state index contributed by atoms with van der Waals surface area (Å²) < 4.78 is 48.2. The number of amides is 1. The van der Waals surface area contributed by atoms with Crippen molar-refractivity contribution in [2.45, 2.75) is 43.0 Å². The Hall–Kier alpha value is -2.19. The Labute approximate surface area is 167 Å². The number of carbonyl (C=O) groups excluding carboxylic acids is 1. The van der Waals surface area contributed by atoms with Crippen LogP contribution in [0.25, 0.3) is 0 Å². The van der Waals surface area contributed by atoms with Crippen LogP contribution in [0, 0.1) is 6.92 Å². The van der Waals surface area contributed by atoms with Crippen molar-refractivity contribution in [1.82, 2.24) is 0 Å². The van der Waals surface area contributed by atoms with Gasteiger partial charge in [-0.15, -0.1) is 0 Å². The Bertz CT molecular complexity index is 1040. The zero-order valence-electron chi connectivity index (χ0n) is 16.4. The minimum absolute atomic E-state index is 0.161. The van der Waals surface area contributed by atoms with Crippen molar-refractivity contribution in [2.24, 2.45) is 0 Å². The summed E-state index contributed by atoms with van der Waals surface area (Å²) in [6.45, 7) is 5.50. The minimum Gasteiger partial charge on any atom is -0.310 e. The Morgan fingerprint density at radius 1 is 0.893 bits per heavy atom. The molecule has 0 radical (unpaired) electrons. The topological polar surface area (TPSA) is 88.6 Å². The number of hydrogen-bond acceptors (Lipinski definition) is 5. The maximum atomic E-state index is 12.7. The molecule has 0 saturated heterocycles. The molecule has 6 nitrogen and oxygen atoms in total. The fourth-order valence-corrected chi connectivity index (χ4v) is 4.65. The van der Waals surface area contributed by atoms with Gasteiger partial charge in [0.05, 0.1) is 15.5 Å². The van der Waals surface area contributed by atoms with E-state index in [9.17, 15) is 21.6 Å². The number of nitrogens with zero attached hydrogens (tertiary/aromatic N) is 1. The van der Waals surface area contributed by atoms with Gasteiger partial charge in [0.2, 0.25) is 5.91 Å². The third-order valence-electron chi connectivity index (χ3n) is 4.29. The minimum atomic E-state index is -3.57. The molecule has 0 N–H and O–H groups in total. The summed E-state index contributed by atoms with van der Waals surface area (Å²) in [6, 6.07) is 12.3. The van der Waals surface area contributed by atoms with Gasteiger partial charge in [-0.05, 0) is 57.2 Å². The predicted octanol–water partition coefficient (Wildman–Crippen LogP) is 3.00. The smallest absolute Gasteiger partial charge is 0.228 e. The van der Waals surface area contributed by atoms with E-state index in [0.717, 1.165) is 11.8 Å². The van der Waals surface area contributed by atoms with Crippen LogP contribution in [0.3, 0.4) is 0 Å². The largest absolute Gasteiger partial charge is 0.310 e. The van der Waals surface area contributed by atoms with Crippen LogP contribution in [0.4, 0.5) is 5.69 Å². The van der Waals surface area contributed by atoms with E-state index >= 15 is 0 Å². The average molecular weight is 424 g/mol. The number of aryl methyl sites for hydroxylation is 1. The first-order chi connectivity index (χ1) is 12.9. The zero-order chi connectivity index (χ0) is 21.1. The molecule has 0 aliphatic heterocycles. The Morgan fingerprint density at radius 2 is 1.39 bits per heavy atom. The molecule has 0 aliphatic carbocycles. The van der Waals surface area contributed by atoms with Crippen molar-refractivity contribution in [3.8, 4) is 0 Å². The summed E-state index contributed by atoms with van der Waals surface area (Å²) in [4.78, 5) is 14.6. The lowest BCUT2D eigenvalue weighted by atomic mass is 10.2. The fourth-order valence-electron chi connectivity index (χ4n) is 2.79. The molecule has 0 saturated carbocycles. The van der Waals surface area contributed by atoms with Gasteiger partial charge in [-0.2, -0.15) is 0 Å².